The molecule has 0 spiro atoms. The highest BCUT2D eigenvalue weighted by atomic mass is 15.1. The van der Waals surface area contributed by atoms with Crippen LogP contribution >= 0.6 is 0 Å². The minimum absolute atomic E-state index is 0.262. The molecule has 0 amide bonds. The van der Waals surface area contributed by atoms with Gasteiger partial charge in [0.2, 0.25) is 5.96 Å². The molecule has 3 N–H and O–H groups in total. The van der Waals surface area contributed by atoms with Gasteiger partial charge in [-0.1, -0.05) is 32.1 Å². The molecule has 4 nitrogen and oxygen atoms in total. The second kappa shape index (κ2) is 6.25. The summed E-state index contributed by atoms with van der Waals surface area (Å²) in [5, 5.41) is 10.7. The lowest BCUT2D eigenvalue weighted by molar-refractivity contribution is 0.454. The Kier molecular flexibility index (Phi) is 4.84. The van der Waals surface area contributed by atoms with Gasteiger partial charge in [-0.3, -0.25) is 5.32 Å². The van der Waals surface area contributed by atoms with Gasteiger partial charge in [-0.25, -0.2) is 4.99 Å². The molecule has 0 aromatic carbocycles. The van der Waals surface area contributed by atoms with Gasteiger partial charge in [0.25, 0.3) is 0 Å². The average molecular weight is 194 g/mol. The van der Waals surface area contributed by atoms with E-state index >= 15 is 0 Å². The molecule has 1 saturated carbocycles. The van der Waals surface area contributed by atoms with Crippen molar-refractivity contribution in [1.29, 1.82) is 5.26 Å². The minimum atomic E-state index is 0.262. The largest absolute Gasteiger partial charge is 0.369 e. The van der Waals surface area contributed by atoms with Crippen molar-refractivity contribution in [2.24, 2.45) is 10.7 Å². The monoisotopic (exact) mass is 194 g/mol. The lowest BCUT2D eigenvalue weighted by atomic mass is 9.97. The highest BCUT2D eigenvalue weighted by Crippen LogP contribution is 2.19. The Bertz CT molecular complexity index is 221. The van der Waals surface area contributed by atoms with Gasteiger partial charge in [-0.2, -0.15) is 5.26 Å². The molecule has 0 atom stereocenters. The molecular formula is C10H18N4. The number of hydrogen-bond acceptors (Lipinski definition) is 2. The zero-order chi connectivity index (χ0) is 10.2. The fraction of sp³-hybridized carbons (Fsp3) is 0.800. The highest BCUT2D eigenvalue weighted by molar-refractivity contribution is 5.79. The van der Waals surface area contributed by atoms with Crippen LogP contribution in [0.5, 0.6) is 0 Å². The smallest absolute Gasteiger partial charge is 0.202 e. The molecule has 1 aliphatic carbocycles. The number of guanidine groups is 1. The zero-order valence-corrected chi connectivity index (χ0v) is 8.50. The Morgan fingerprint density at radius 1 is 1.21 bits per heavy atom. The molecule has 0 saturated heterocycles. The van der Waals surface area contributed by atoms with Crippen molar-refractivity contribution in [2.45, 2.75) is 51.0 Å². The first-order valence-corrected chi connectivity index (χ1v) is 5.31. The van der Waals surface area contributed by atoms with Gasteiger partial charge in [-0.15, -0.1) is 0 Å². The molecule has 1 fully saturated rings. The number of nitrogens with one attached hydrogen (secondary N) is 1. The molecule has 1 rings (SSSR count). The van der Waals surface area contributed by atoms with Crippen molar-refractivity contribution in [3.63, 3.8) is 0 Å². The Hall–Kier alpha value is -1.24. The molecule has 14 heavy (non-hydrogen) atoms. The van der Waals surface area contributed by atoms with Gasteiger partial charge < -0.3 is 5.73 Å². The maximum absolute atomic E-state index is 8.34. The van der Waals surface area contributed by atoms with Crippen LogP contribution in [0.2, 0.25) is 0 Å². The maximum Gasteiger partial charge on any atom is 0.202 e. The summed E-state index contributed by atoms with van der Waals surface area (Å²) in [4.78, 5) is 4.29. The summed E-state index contributed by atoms with van der Waals surface area (Å²) < 4.78 is 0. The van der Waals surface area contributed by atoms with E-state index < -0.39 is 0 Å². The summed E-state index contributed by atoms with van der Waals surface area (Å²) in [5.74, 6) is 0.262. The summed E-state index contributed by atoms with van der Waals surface area (Å²) in [6.45, 7) is 0. The lowest BCUT2D eigenvalue weighted by Crippen LogP contribution is -2.29. The van der Waals surface area contributed by atoms with Crippen molar-refractivity contribution >= 4 is 5.96 Å². The summed E-state index contributed by atoms with van der Waals surface area (Å²) in [6, 6.07) is 0.316. The van der Waals surface area contributed by atoms with E-state index in [-0.39, 0.29) is 5.96 Å². The highest BCUT2D eigenvalue weighted by Gasteiger charge is 2.10. The van der Waals surface area contributed by atoms with Gasteiger partial charge in [0, 0.05) is 0 Å². The number of aliphatic imine (C=N–C) groups is 1. The van der Waals surface area contributed by atoms with Crippen molar-refractivity contribution in [3.8, 4) is 6.19 Å². The van der Waals surface area contributed by atoms with Crippen LogP contribution in [0, 0.1) is 11.5 Å². The van der Waals surface area contributed by atoms with E-state index in [0.717, 1.165) is 12.8 Å². The third-order valence-corrected chi connectivity index (χ3v) is 2.58. The van der Waals surface area contributed by atoms with Crippen LogP contribution in [-0.4, -0.2) is 12.0 Å². The van der Waals surface area contributed by atoms with Crippen molar-refractivity contribution < 1.29 is 0 Å². The van der Waals surface area contributed by atoms with Gasteiger partial charge in [0.1, 0.15) is 0 Å². The van der Waals surface area contributed by atoms with Crippen LogP contribution in [0.25, 0.3) is 0 Å². The molecule has 0 radical (unpaired) electrons. The first kappa shape index (κ1) is 10.8. The van der Waals surface area contributed by atoms with Gasteiger partial charge in [-0.05, 0) is 12.8 Å². The van der Waals surface area contributed by atoms with Crippen molar-refractivity contribution in [2.75, 3.05) is 0 Å². The minimum Gasteiger partial charge on any atom is -0.369 e. The first-order valence-electron chi connectivity index (χ1n) is 5.31. The summed E-state index contributed by atoms with van der Waals surface area (Å²) in [7, 11) is 0. The predicted molar refractivity (Wildman–Crippen MR) is 56.5 cm³/mol. The third-order valence-electron chi connectivity index (χ3n) is 2.58. The van der Waals surface area contributed by atoms with E-state index in [2.05, 4.69) is 10.3 Å². The van der Waals surface area contributed by atoms with Crippen LogP contribution in [0.3, 0.4) is 0 Å². The Balaban J connectivity index is 2.40. The second-order valence-electron chi connectivity index (χ2n) is 3.75. The molecule has 0 aromatic heterocycles. The maximum atomic E-state index is 8.34. The molecular weight excluding hydrogens is 176 g/mol. The Labute approximate surface area is 85.2 Å². The standard InChI is InChI=1S/C10H18N4/c11-8-13-10(12)14-9-6-4-2-1-3-5-7-9/h9H,1-7H2,(H3,12,13,14). The van der Waals surface area contributed by atoms with E-state index in [1.165, 1.54) is 32.1 Å². The van der Waals surface area contributed by atoms with Gasteiger partial charge in [0.05, 0.1) is 6.04 Å². The average Bonchev–Trinajstić information content (AvgIpc) is 2.10. The Morgan fingerprint density at radius 2 is 1.79 bits per heavy atom. The summed E-state index contributed by atoms with van der Waals surface area (Å²) >= 11 is 0. The number of hydrogen-bond donors (Lipinski definition) is 2. The summed E-state index contributed by atoms with van der Waals surface area (Å²) in [5.41, 5.74) is 5.52. The molecule has 0 aliphatic heterocycles. The van der Waals surface area contributed by atoms with E-state index in [0.29, 0.717) is 6.04 Å². The SMILES string of the molecule is N#CNC(N)=NC1CCCCCCC1. The quantitative estimate of drug-likeness (QED) is 0.287. The van der Waals surface area contributed by atoms with Crippen LogP contribution in [0.15, 0.2) is 4.99 Å². The van der Waals surface area contributed by atoms with E-state index in [9.17, 15) is 0 Å². The lowest BCUT2D eigenvalue weighted by Gasteiger charge is -2.15. The summed E-state index contributed by atoms with van der Waals surface area (Å²) in [6.07, 6.45) is 10.4. The normalized spacial score (nSPS) is 20.6. The van der Waals surface area contributed by atoms with E-state index in [1.807, 2.05) is 0 Å². The number of nitrogens with two attached hydrogens (primary N) is 1. The topological polar surface area (TPSA) is 74.2 Å². The molecule has 1 aliphatic rings. The molecule has 0 bridgehead atoms. The predicted octanol–water partition coefficient (Wildman–Crippen LogP) is 1.48. The first-order chi connectivity index (χ1) is 6.83. The van der Waals surface area contributed by atoms with Crippen molar-refractivity contribution in [3.05, 3.63) is 0 Å². The molecule has 78 valence electrons. The third kappa shape index (κ3) is 4.13. The number of nitrogens with zero attached hydrogens (tertiary/aromatic N) is 2. The van der Waals surface area contributed by atoms with E-state index in [1.54, 1.807) is 6.19 Å². The number of nitriles is 1. The van der Waals surface area contributed by atoms with Crippen LogP contribution in [-0.2, 0) is 0 Å². The van der Waals surface area contributed by atoms with Crippen LogP contribution in [0.1, 0.15) is 44.9 Å². The Morgan fingerprint density at radius 3 is 2.36 bits per heavy atom. The second-order valence-corrected chi connectivity index (χ2v) is 3.75. The zero-order valence-electron chi connectivity index (χ0n) is 8.50. The van der Waals surface area contributed by atoms with Crippen LogP contribution < -0.4 is 11.1 Å². The molecule has 0 aromatic rings. The van der Waals surface area contributed by atoms with Gasteiger partial charge in [0.15, 0.2) is 6.19 Å². The van der Waals surface area contributed by atoms with Crippen LogP contribution in [0.4, 0.5) is 0 Å². The fourth-order valence-corrected chi connectivity index (χ4v) is 1.85. The van der Waals surface area contributed by atoms with E-state index in [4.69, 9.17) is 11.0 Å². The number of rotatable bonds is 1. The van der Waals surface area contributed by atoms with Crippen molar-refractivity contribution in [1.82, 2.24) is 5.32 Å². The fourth-order valence-electron chi connectivity index (χ4n) is 1.85. The molecule has 0 unspecified atom stereocenters. The molecule has 4 heteroatoms. The molecule has 0 heterocycles. The van der Waals surface area contributed by atoms with Gasteiger partial charge >= 0.3 is 0 Å².